The molecule has 0 atom stereocenters. The quantitative estimate of drug-likeness (QED) is 0.809. The Morgan fingerprint density at radius 3 is 2.17 bits per heavy atom. The maximum Gasteiger partial charge on any atom is 0.274 e. The van der Waals surface area contributed by atoms with Crippen molar-refractivity contribution in [3.05, 3.63) is 17.8 Å². The third-order valence-electron chi connectivity index (χ3n) is 4.99. The Kier molecular flexibility index (Phi) is 4.97. The molecule has 2 fully saturated rings. The Balaban J connectivity index is 1.59. The molecular formula is C17H25N5O2. The van der Waals surface area contributed by atoms with Gasteiger partial charge in [-0.25, -0.2) is 0 Å². The molecule has 0 bridgehead atoms. The Morgan fingerprint density at radius 1 is 0.958 bits per heavy atom. The number of piperidine rings is 1. The van der Waals surface area contributed by atoms with Crippen LogP contribution in [-0.2, 0) is 4.79 Å². The molecule has 0 N–H and O–H groups in total. The van der Waals surface area contributed by atoms with E-state index >= 15 is 0 Å². The number of hydrogen-bond donors (Lipinski definition) is 0. The molecule has 2 aliphatic rings. The number of aromatic nitrogens is 2. The van der Waals surface area contributed by atoms with E-state index in [0.717, 1.165) is 44.8 Å². The fourth-order valence-electron chi connectivity index (χ4n) is 3.23. The molecule has 130 valence electrons. The molecule has 1 aromatic rings. The molecule has 2 saturated heterocycles. The van der Waals surface area contributed by atoms with Crippen molar-refractivity contribution in [3.63, 3.8) is 0 Å². The van der Waals surface area contributed by atoms with Crippen LogP contribution in [0.25, 0.3) is 0 Å². The second-order valence-electron chi connectivity index (χ2n) is 6.74. The van der Waals surface area contributed by atoms with Crippen LogP contribution in [0, 0.1) is 5.92 Å². The molecular weight excluding hydrogens is 306 g/mol. The highest BCUT2D eigenvalue weighted by Crippen LogP contribution is 2.18. The van der Waals surface area contributed by atoms with E-state index in [9.17, 15) is 9.59 Å². The number of rotatable bonds is 2. The molecule has 24 heavy (non-hydrogen) atoms. The summed E-state index contributed by atoms with van der Waals surface area (Å²) in [5.74, 6) is 1.54. The maximum absolute atomic E-state index is 12.5. The summed E-state index contributed by atoms with van der Waals surface area (Å²) in [5.41, 5.74) is 0.413. The molecule has 0 spiro atoms. The number of carbonyl (C=O) groups excluding carboxylic acids is 2. The van der Waals surface area contributed by atoms with Gasteiger partial charge in [-0.1, -0.05) is 6.92 Å². The van der Waals surface area contributed by atoms with E-state index in [1.165, 1.54) is 0 Å². The molecule has 7 heteroatoms. The van der Waals surface area contributed by atoms with Crippen molar-refractivity contribution in [1.29, 1.82) is 0 Å². The zero-order valence-electron chi connectivity index (χ0n) is 14.4. The summed E-state index contributed by atoms with van der Waals surface area (Å²) in [7, 11) is 0. The van der Waals surface area contributed by atoms with Gasteiger partial charge in [-0.05, 0) is 30.9 Å². The molecule has 0 aromatic carbocycles. The highest BCUT2D eigenvalue weighted by molar-refractivity contribution is 5.92. The second kappa shape index (κ2) is 7.15. The van der Waals surface area contributed by atoms with Gasteiger partial charge in [0.1, 0.15) is 0 Å². The van der Waals surface area contributed by atoms with E-state index in [-0.39, 0.29) is 11.8 Å². The number of hydrogen-bond acceptors (Lipinski definition) is 5. The van der Waals surface area contributed by atoms with Crippen LogP contribution in [0.5, 0.6) is 0 Å². The maximum atomic E-state index is 12.5. The first-order valence-electron chi connectivity index (χ1n) is 8.68. The minimum Gasteiger partial charge on any atom is -0.352 e. The third kappa shape index (κ3) is 3.66. The fourth-order valence-corrected chi connectivity index (χ4v) is 3.23. The van der Waals surface area contributed by atoms with Gasteiger partial charge in [-0.2, -0.15) is 0 Å². The first-order chi connectivity index (χ1) is 11.5. The van der Waals surface area contributed by atoms with Gasteiger partial charge in [-0.3, -0.25) is 9.59 Å². The standard InChI is InChI=1S/C17H25N5O2/c1-13-5-7-22(8-6-13)17(24)15-3-4-16(19-18-15)21-11-9-20(10-12-21)14(2)23/h3-4,13H,5-12H2,1-2H3. The number of carbonyl (C=O) groups is 2. The van der Waals surface area contributed by atoms with Crippen LogP contribution in [0.15, 0.2) is 12.1 Å². The van der Waals surface area contributed by atoms with Gasteiger partial charge < -0.3 is 14.7 Å². The fraction of sp³-hybridized carbons (Fsp3) is 0.647. The van der Waals surface area contributed by atoms with E-state index in [4.69, 9.17) is 0 Å². The first-order valence-corrected chi connectivity index (χ1v) is 8.68. The summed E-state index contributed by atoms with van der Waals surface area (Å²) >= 11 is 0. The van der Waals surface area contributed by atoms with Crippen LogP contribution in [0.4, 0.5) is 5.82 Å². The topological polar surface area (TPSA) is 69.6 Å². The number of nitrogens with zero attached hydrogens (tertiary/aromatic N) is 5. The normalized spacial score (nSPS) is 19.5. The van der Waals surface area contributed by atoms with Crippen LogP contribution >= 0.6 is 0 Å². The monoisotopic (exact) mass is 331 g/mol. The van der Waals surface area contributed by atoms with E-state index in [1.54, 1.807) is 13.0 Å². The van der Waals surface area contributed by atoms with E-state index in [0.29, 0.717) is 24.7 Å². The molecule has 2 amide bonds. The van der Waals surface area contributed by atoms with Gasteiger partial charge in [0.15, 0.2) is 11.5 Å². The molecule has 0 unspecified atom stereocenters. The summed E-state index contributed by atoms with van der Waals surface area (Å²) in [6.45, 7) is 8.30. The number of piperazine rings is 1. The molecule has 0 saturated carbocycles. The summed E-state index contributed by atoms with van der Waals surface area (Å²) in [4.78, 5) is 29.7. The van der Waals surface area contributed by atoms with Crippen LogP contribution in [0.2, 0.25) is 0 Å². The minimum absolute atomic E-state index is 0.0256. The van der Waals surface area contributed by atoms with Crippen molar-refractivity contribution in [2.24, 2.45) is 5.92 Å². The molecule has 0 aliphatic carbocycles. The average molecular weight is 331 g/mol. The zero-order chi connectivity index (χ0) is 17.1. The van der Waals surface area contributed by atoms with Crippen molar-refractivity contribution in [1.82, 2.24) is 20.0 Å². The predicted molar refractivity (Wildman–Crippen MR) is 90.8 cm³/mol. The average Bonchev–Trinajstić information content (AvgIpc) is 2.62. The largest absolute Gasteiger partial charge is 0.352 e. The smallest absolute Gasteiger partial charge is 0.274 e. The number of anilines is 1. The predicted octanol–water partition coefficient (Wildman–Crippen LogP) is 1.02. The Morgan fingerprint density at radius 2 is 1.62 bits per heavy atom. The minimum atomic E-state index is -0.0256. The lowest BCUT2D eigenvalue weighted by atomic mass is 9.99. The Hall–Kier alpha value is -2.18. The molecule has 3 rings (SSSR count). The molecule has 7 nitrogen and oxygen atoms in total. The lowest BCUT2D eigenvalue weighted by Crippen LogP contribution is -2.48. The van der Waals surface area contributed by atoms with Crippen molar-refractivity contribution < 1.29 is 9.59 Å². The van der Waals surface area contributed by atoms with Gasteiger partial charge in [0.2, 0.25) is 5.91 Å². The first kappa shape index (κ1) is 16.7. The lowest BCUT2D eigenvalue weighted by Gasteiger charge is -2.34. The summed E-state index contributed by atoms with van der Waals surface area (Å²) in [6.07, 6.45) is 2.11. The summed E-state index contributed by atoms with van der Waals surface area (Å²) in [6, 6.07) is 3.62. The molecule has 2 aliphatic heterocycles. The van der Waals surface area contributed by atoms with Crippen LogP contribution < -0.4 is 4.90 Å². The number of likely N-dealkylation sites (tertiary alicyclic amines) is 1. The molecule has 0 radical (unpaired) electrons. The van der Waals surface area contributed by atoms with Gasteiger partial charge in [0, 0.05) is 46.2 Å². The van der Waals surface area contributed by atoms with E-state index in [1.807, 2.05) is 15.9 Å². The number of amides is 2. The third-order valence-corrected chi connectivity index (χ3v) is 4.99. The lowest BCUT2D eigenvalue weighted by molar-refractivity contribution is -0.129. The highest BCUT2D eigenvalue weighted by Gasteiger charge is 2.24. The highest BCUT2D eigenvalue weighted by atomic mass is 16.2. The second-order valence-corrected chi connectivity index (χ2v) is 6.74. The molecule has 1 aromatic heterocycles. The van der Waals surface area contributed by atoms with Gasteiger partial charge in [0.25, 0.3) is 5.91 Å². The Bertz CT molecular complexity index is 588. The van der Waals surface area contributed by atoms with E-state index in [2.05, 4.69) is 22.0 Å². The molecule has 3 heterocycles. The van der Waals surface area contributed by atoms with Gasteiger partial charge in [-0.15, -0.1) is 10.2 Å². The van der Waals surface area contributed by atoms with Crippen LogP contribution in [0.1, 0.15) is 37.2 Å². The zero-order valence-corrected chi connectivity index (χ0v) is 14.4. The van der Waals surface area contributed by atoms with Crippen molar-refractivity contribution in [3.8, 4) is 0 Å². The van der Waals surface area contributed by atoms with Crippen molar-refractivity contribution in [2.75, 3.05) is 44.2 Å². The summed E-state index contributed by atoms with van der Waals surface area (Å²) in [5, 5.41) is 8.37. The summed E-state index contributed by atoms with van der Waals surface area (Å²) < 4.78 is 0. The SMILES string of the molecule is CC(=O)N1CCN(c2ccc(C(=O)N3CCC(C)CC3)nn2)CC1. The van der Waals surface area contributed by atoms with Gasteiger partial charge in [0.05, 0.1) is 0 Å². The van der Waals surface area contributed by atoms with Crippen molar-refractivity contribution in [2.45, 2.75) is 26.7 Å². The van der Waals surface area contributed by atoms with E-state index < -0.39 is 0 Å². The van der Waals surface area contributed by atoms with Gasteiger partial charge >= 0.3 is 0 Å². The van der Waals surface area contributed by atoms with Crippen LogP contribution in [-0.4, -0.2) is 71.1 Å². The Labute approximate surface area is 142 Å². The van der Waals surface area contributed by atoms with Crippen molar-refractivity contribution >= 4 is 17.6 Å². The van der Waals surface area contributed by atoms with Crippen LogP contribution in [0.3, 0.4) is 0 Å².